The van der Waals surface area contributed by atoms with Gasteiger partial charge in [0.25, 0.3) is 5.91 Å². The first-order valence-corrected chi connectivity index (χ1v) is 8.92. The second kappa shape index (κ2) is 7.91. The minimum Gasteiger partial charge on any atom is -0.383 e. The Morgan fingerprint density at radius 1 is 1.50 bits per heavy atom. The van der Waals surface area contributed by atoms with Gasteiger partial charge >= 0.3 is 6.03 Å². The Morgan fingerprint density at radius 2 is 2.38 bits per heavy atom. The highest BCUT2D eigenvalue weighted by Gasteiger charge is 2.27. The van der Waals surface area contributed by atoms with Gasteiger partial charge in [-0.05, 0) is 12.8 Å². The highest BCUT2D eigenvalue weighted by Crippen LogP contribution is 2.28. The van der Waals surface area contributed by atoms with Crippen LogP contribution in [0.25, 0.3) is 0 Å². The first kappa shape index (κ1) is 17.1. The molecule has 2 N–H and O–H groups in total. The fraction of sp³-hybridized carbons (Fsp3) is 0.667. The van der Waals surface area contributed by atoms with Crippen molar-refractivity contribution in [3.8, 4) is 0 Å². The van der Waals surface area contributed by atoms with Crippen molar-refractivity contribution in [2.75, 3.05) is 38.7 Å². The zero-order chi connectivity index (χ0) is 16.9. The second-order valence-corrected chi connectivity index (χ2v) is 6.86. The van der Waals surface area contributed by atoms with Crippen molar-refractivity contribution < 1.29 is 19.1 Å². The summed E-state index contributed by atoms with van der Waals surface area (Å²) in [4.78, 5) is 31.4. The van der Waals surface area contributed by atoms with Gasteiger partial charge in [-0.2, -0.15) is 0 Å². The normalized spacial score (nSPS) is 19.9. The maximum absolute atomic E-state index is 12.1. The van der Waals surface area contributed by atoms with Crippen LogP contribution >= 0.6 is 11.3 Å². The van der Waals surface area contributed by atoms with Crippen LogP contribution in [-0.4, -0.2) is 61.3 Å². The van der Waals surface area contributed by atoms with E-state index in [1.54, 1.807) is 12.0 Å². The van der Waals surface area contributed by atoms with Crippen molar-refractivity contribution in [3.63, 3.8) is 0 Å². The molecule has 0 bridgehead atoms. The van der Waals surface area contributed by atoms with Crippen LogP contribution in [0.15, 0.2) is 0 Å². The highest BCUT2D eigenvalue weighted by atomic mass is 32.1. The van der Waals surface area contributed by atoms with E-state index in [1.807, 2.05) is 0 Å². The van der Waals surface area contributed by atoms with Crippen LogP contribution in [0.2, 0.25) is 0 Å². The molecule has 0 radical (unpaired) electrons. The van der Waals surface area contributed by atoms with E-state index < -0.39 is 0 Å². The van der Waals surface area contributed by atoms with Crippen LogP contribution in [0.3, 0.4) is 0 Å². The lowest BCUT2D eigenvalue weighted by atomic mass is 10.2. The minimum absolute atomic E-state index is 0.101. The maximum atomic E-state index is 12.1. The molecule has 0 aliphatic carbocycles. The first-order valence-electron chi connectivity index (χ1n) is 8.10. The molecule has 3 rings (SSSR count). The SMILES string of the molecule is COCCNC(=O)N1CCc2nc(NC(=O)C3CCCO3)sc2C1. The molecule has 1 saturated heterocycles. The topological polar surface area (TPSA) is 92.8 Å². The van der Waals surface area contributed by atoms with Gasteiger partial charge in [-0.15, -0.1) is 0 Å². The lowest BCUT2D eigenvalue weighted by Gasteiger charge is -2.26. The molecule has 8 nitrogen and oxygen atoms in total. The molecule has 3 heterocycles. The largest absolute Gasteiger partial charge is 0.383 e. The Labute approximate surface area is 144 Å². The molecule has 9 heteroatoms. The summed E-state index contributed by atoms with van der Waals surface area (Å²) in [5, 5.41) is 6.24. The van der Waals surface area contributed by atoms with E-state index in [4.69, 9.17) is 9.47 Å². The lowest BCUT2D eigenvalue weighted by molar-refractivity contribution is -0.124. The van der Waals surface area contributed by atoms with Gasteiger partial charge in [0.2, 0.25) is 0 Å². The predicted molar refractivity (Wildman–Crippen MR) is 89.1 cm³/mol. The standard InChI is InChI=1S/C15H22N4O4S/c1-22-8-5-16-15(21)19-6-4-10-12(9-19)24-14(17-10)18-13(20)11-3-2-7-23-11/h11H,2-9H2,1H3,(H,16,21)(H,17,18,20). The molecule has 1 aromatic rings. The number of carbonyl (C=O) groups is 2. The van der Waals surface area contributed by atoms with Crippen molar-refractivity contribution in [1.82, 2.24) is 15.2 Å². The van der Waals surface area contributed by atoms with E-state index in [1.165, 1.54) is 11.3 Å². The van der Waals surface area contributed by atoms with Gasteiger partial charge in [0, 0.05) is 38.1 Å². The summed E-state index contributed by atoms with van der Waals surface area (Å²) in [5.41, 5.74) is 0.962. The van der Waals surface area contributed by atoms with E-state index in [9.17, 15) is 9.59 Å². The third kappa shape index (κ3) is 4.03. The zero-order valence-electron chi connectivity index (χ0n) is 13.7. The summed E-state index contributed by atoms with van der Waals surface area (Å²) in [7, 11) is 1.60. The van der Waals surface area contributed by atoms with Crippen LogP contribution in [-0.2, 0) is 27.2 Å². The number of amides is 3. The third-order valence-electron chi connectivity index (χ3n) is 4.05. The van der Waals surface area contributed by atoms with E-state index in [-0.39, 0.29) is 18.0 Å². The smallest absolute Gasteiger partial charge is 0.317 e. The predicted octanol–water partition coefficient (Wildman–Crippen LogP) is 0.975. The van der Waals surface area contributed by atoms with Gasteiger partial charge in [0.1, 0.15) is 6.10 Å². The third-order valence-corrected chi connectivity index (χ3v) is 5.05. The minimum atomic E-state index is -0.367. The van der Waals surface area contributed by atoms with Crippen LogP contribution in [0.1, 0.15) is 23.4 Å². The number of hydrogen-bond acceptors (Lipinski definition) is 6. The molecular weight excluding hydrogens is 332 g/mol. The number of thiazole rings is 1. The molecular formula is C15H22N4O4S. The first-order chi connectivity index (χ1) is 11.7. The Morgan fingerprint density at radius 3 is 3.12 bits per heavy atom. The van der Waals surface area contributed by atoms with Crippen molar-refractivity contribution >= 4 is 28.4 Å². The number of aromatic nitrogens is 1. The molecule has 2 aliphatic rings. The van der Waals surface area contributed by atoms with Gasteiger partial charge in [0.05, 0.1) is 18.8 Å². The van der Waals surface area contributed by atoms with Crippen LogP contribution < -0.4 is 10.6 Å². The Hall–Kier alpha value is -1.71. The quantitative estimate of drug-likeness (QED) is 0.769. The van der Waals surface area contributed by atoms with Crippen molar-refractivity contribution in [1.29, 1.82) is 0 Å². The second-order valence-electron chi connectivity index (χ2n) is 5.78. The summed E-state index contributed by atoms with van der Waals surface area (Å²) in [6, 6.07) is -0.101. The Balaban J connectivity index is 1.56. The molecule has 2 aliphatic heterocycles. The highest BCUT2D eigenvalue weighted by molar-refractivity contribution is 7.15. The van der Waals surface area contributed by atoms with Crippen LogP contribution in [0.5, 0.6) is 0 Å². The molecule has 1 fully saturated rings. The average Bonchev–Trinajstić information content (AvgIpc) is 3.23. The molecule has 1 aromatic heterocycles. The van der Waals surface area contributed by atoms with Crippen molar-refractivity contribution in [2.24, 2.45) is 0 Å². The molecule has 0 spiro atoms. The number of fused-ring (bicyclic) bond motifs is 1. The maximum Gasteiger partial charge on any atom is 0.317 e. The van der Waals surface area contributed by atoms with E-state index in [0.717, 1.165) is 23.4 Å². The summed E-state index contributed by atoms with van der Waals surface area (Å²) in [5.74, 6) is -0.132. The summed E-state index contributed by atoms with van der Waals surface area (Å²) < 4.78 is 10.3. The molecule has 0 saturated carbocycles. The molecule has 1 atom stereocenters. The zero-order valence-corrected chi connectivity index (χ0v) is 14.5. The van der Waals surface area contributed by atoms with Crippen LogP contribution in [0.4, 0.5) is 9.93 Å². The van der Waals surface area contributed by atoms with Crippen molar-refractivity contribution in [3.05, 3.63) is 10.6 Å². The van der Waals surface area contributed by atoms with Crippen molar-refractivity contribution in [2.45, 2.75) is 31.9 Å². The van der Waals surface area contributed by atoms with Gasteiger partial charge < -0.3 is 19.7 Å². The fourth-order valence-electron chi connectivity index (χ4n) is 2.76. The van der Waals surface area contributed by atoms with E-state index in [0.29, 0.717) is 44.4 Å². The van der Waals surface area contributed by atoms with E-state index in [2.05, 4.69) is 15.6 Å². The number of methoxy groups -OCH3 is 1. The number of nitrogens with one attached hydrogen (secondary N) is 2. The van der Waals surface area contributed by atoms with Gasteiger partial charge in [-0.25, -0.2) is 9.78 Å². The summed E-state index contributed by atoms with van der Waals surface area (Å²) in [6.45, 7) is 2.75. The average molecular weight is 354 g/mol. The molecule has 24 heavy (non-hydrogen) atoms. The monoisotopic (exact) mass is 354 g/mol. The van der Waals surface area contributed by atoms with E-state index >= 15 is 0 Å². The van der Waals surface area contributed by atoms with Gasteiger partial charge in [0.15, 0.2) is 5.13 Å². The number of urea groups is 1. The molecule has 132 valence electrons. The Kier molecular flexibility index (Phi) is 5.64. The van der Waals surface area contributed by atoms with Crippen LogP contribution in [0, 0.1) is 0 Å². The lowest BCUT2D eigenvalue weighted by Crippen LogP contribution is -2.43. The molecule has 1 unspecified atom stereocenters. The number of anilines is 1. The molecule has 3 amide bonds. The summed E-state index contributed by atoms with van der Waals surface area (Å²) >= 11 is 1.43. The number of ether oxygens (including phenoxy) is 2. The number of nitrogens with zero attached hydrogens (tertiary/aromatic N) is 2. The fourth-order valence-corrected chi connectivity index (χ4v) is 3.79. The number of hydrogen-bond donors (Lipinski definition) is 2. The van der Waals surface area contributed by atoms with Gasteiger partial charge in [-0.1, -0.05) is 11.3 Å². The Bertz CT molecular complexity index is 600. The number of rotatable bonds is 5. The molecule has 0 aromatic carbocycles. The van der Waals surface area contributed by atoms with Gasteiger partial charge in [-0.3, -0.25) is 10.1 Å². The number of carbonyl (C=O) groups excluding carboxylic acids is 2. The summed E-state index contributed by atoms with van der Waals surface area (Å²) in [6.07, 6.45) is 2.00.